The van der Waals surface area contributed by atoms with Crippen LogP contribution >= 0.6 is 0 Å². The lowest BCUT2D eigenvalue weighted by atomic mass is 9.95. The number of halogens is 1. The quantitative estimate of drug-likeness (QED) is 0.397. The molecule has 2 heterocycles. The number of nitrogens with zero attached hydrogens (tertiary/aromatic N) is 1. The van der Waals surface area contributed by atoms with E-state index in [0.717, 1.165) is 19.3 Å². The van der Waals surface area contributed by atoms with Crippen LogP contribution in [0.3, 0.4) is 0 Å². The zero-order valence-corrected chi connectivity index (χ0v) is 17.9. The summed E-state index contributed by atoms with van der Waals surface area (Å²) in [6.07, 6.45) is 2.42. The van der Waals surface area contributed by atoms with Crippen LogP contribution in [0.25, 0.3) is 5.76 Å². The summed E-state index contributed by atoms with van der Waals surface area (Å²) >= 11 is 0. The Morgan fingerprint density at radius 1 is 1.16 bits per heavy atom. The third-order valence-corrected chi connectivity index (χ3v) is 5.75. The van der Waals surface area contributed by atoms with E-state index in [1.165, 1.54) is 29.2 Å². The topological polar surface area (TPSA) is 76.1 Å². The predicted octanol–water partition coefficient (Wildman–Crippen LogP) is 4.22. The molecule has 168 valence electrons. The summed E-state index contributed by atoms with van der Waals surface area (Å²) in [6, 6.07) is 11.6. The van der Waals surface area contributed by atoms with Crippen LogP contribution in [-0.2, 0) is 14.3 Å². The van der Waals surface area contributed by atoms with Gasteiger partial charge in [0.15, 0.2) is 0 Å². The van der Waals surface area contributed by atoms with Crippen molar-refractivity contribution < 1.29 is 28.6 Å². The Morgan fingerprint density at radius 3 is 2.50 bits per heavy atom. The number of Topliss-reactive ketones (excluding diaryl/α,β-unsaturated/α-hetero) is 1. The van der Waals surface area contributed by atoms with E-state index in [2.05, 4.69) is 0 Å². The molecule has 1 N–H and O–H groups in total. The van der Waals surface area contributed by atoms with E-state index in [1.54, 1.807) is 24.3 Å². The van der Waals surface area contributed by atoms with Crippen LogP contribution in [-0.4, -0.2) is 47.6 Å². The zero-order valence-electron chi connectivity index (χ0n) is 17.9. The monoisotopic (exact) mass is 439 g/mol. The molecule has 2 fully saturated rings. The molecular weight excluding hydrogens is 413 g/mol. The molecule has 0 aliphatic carbocycles. The normalized spacial score (nSPS) is 22.5. The van der Waals surface area contributed by atoms with E-state index in [4.69, 9.17) is 9.47 Å². The van der Waals surface area contributed by atoms with E-state index in [0.29, 0.717) is 24.5 Å². The van der Waals surface area contributed by atoms with Crippen molar-refractivity contribution in [3.63, 3.8) is 0 Å². The smallest absolute Gasteiger partial charge is 0.295 e. The van der Waals surface area contributed by atoms with Crippen LogP contribution in [0, 0.1) is 5.82 Å². The van der Waals surface area contributed by atoms with Crippen molar-refractivity contribution in [2.45, 2.75) is 38.3 Å². The number of carbonyl (C=O) groups is 2. The van der Waals surface area contributed by atoms with Gasteiger partial charge in [0.1, 0.15) is 17.3 Å². The number of hydrogen-bond donors (Lipinski definition) is 1. The summed E-state index contributed by atoms with van der Waals surface area (Å²) < 4.78 is 24.7. The van der Waals surface area contributed by atoms with Gasteiger partial charge in [-0.15, -0.1) is 0 Å². The highest BCUT2D eigenvalue weighted by Crippen LogP contribution is 2.40. The highest BCUT2D eigenvalue weighted by Gasteiger charge is 2.47. The lowest BCUT2D eigenvalue weighted by Gasteiger charge is -2.27. The lowest BCUT2D eigenvalue weighted by Crippen LogP contribution is -2.36. The molecule has 2 aliphatic rings. The number of aliphatic hydroxyl groups excluding tert-OH is 1. The molecular formula is C25H26FNO5. The van der Waals surface area contributed by atoms with Gasteiger partial charge in [0.25, 0.3) is 11.7 Å². The first-order chi connectivity index (χ1) is 15.5. The second kappa shape index (κ2) is 9.53. The fourth-order valence-electron chi connectivity index (χ4n) is 4.15. The fourth-order valence-corrected chi connectivity index (χ4v) is 4.15. The molecule has 0 radical (unpaired) electrons. The Morgan fingerprint density at radius 2 is 1.88 bits per heavy atom. The van der Waals surface area contributed by atoms with Gasteiger partial charge in [0.2, 0.25) is 0 Å². The number of hydrogen-bond acceptors (Lipinski definition) is 5. The third kappa shape index (κ3) is 4.39. The number of likely N-dealkylation sites (tertiary alicyclic amines) is 1. The minimum absolute atomic E-state index is 0.0122. The van der Waals surface area contributed by atoms with Gasteiger partial charge in [-0.2, -0.15) is 0 Å². The number of carbonyl (C=O) groups excluding carboxylic acids is 2. The summed E-state index contributed by atoms with van der Waals surface area (Å²) in [5.41, 5.74) is 0.936. The van der Waals surface area contributed by atoms with Gasteiger partial charge in [-0.1, -0.05) is 19.1 Å². The first kappa shape index (κ1) is 22.0. The van der Waals surface area contributed by atoms with Crippen molar-refractivity contribution >= 4 is 17.4 Å². The Kier molecular flexibility index (Phi) is 6.55. The Labute approximate surface area is 186 Å². The Balaban J connectivity index is 1.75. The first-order valence-electron chi connectivity index (χ1n) is 10.9. The molecule has 2 aromatic rings. The van der Waals surface area contributed by atoms with Crippen molar-refractivity contribution in [2.24, 2.45) is 0 Å². The second-order valence-electron chi connectivity index (χ2n) is 8.01. The van der Waals surface area contributed by atoms with E-state index in [1.807, 2.05) is 6.92 Å². The van der Waals surface area contributed by atoms with Crippen molar-refractivity contribution in [1.29, 1.82) is 0 Å². The average Bonchev–Trinajstić information content (AvgIpc) is 3.40. The van der Waals surface area contributed by atoms with E-state index in [-0.39, 0.29) is 29.5 Å². The van der Waals surface area contributed by atoms with Gasteiger partial charge in [0, 0.05) is 18.7 Å². The number of rotatable bonds is 7. The van der Waals surface area contributed by atoms with Crippen LogP contribution in [0.2, 0.25) is 0 Å². The summed E-state index contributed by atoms with van der Waals surface area (Å²) in [7, 11) is 0. The van der Waals surface area contributed by atoms with Crippen LogP contribution < -0.4 is 4.74 Å². The minimum Gasteiger partial charge on any atom is -0.507 e. The maximum Gasteiger partial charge on any atom is 0.295 e. The van der Waals surface area contributed by atoms with E-state index < -0.39 is 23.5 Å². The molecule has 4 rings (SSSR count). The van der Waals surface area contributed by atoms with Gasteiger partial charge >= 0.3 is 0 Å². The standard InChI is InChI=1S/C25H26FNO5/c1-2-13-31-19-11-7-16(8-12-19)22-21(23(28)17-5-9-18(26)10-6-17)24(29)25(30)27(22)15-20-4-3-14-32-20/h5-12,20,22,28H,2-4,13-15H2,1H3/b23-21-. The fraction of sp³-hybridized carbons (Fsp3) is 0.360. The first-order valence-corrected chi connectivity index (χ1v) is 10.9. The predicted molar refractivity (Wildman–Crippen MR) is 117 cm³/mol. The molecule has 1 amide bonds. The van der Waals surface area contributed by atoms with Gasteiger partial charge in [-0.3, -0.25) is 9.59 Å². The molecule has 32 heavy (non-hydrogen) atoms. The van der Waals surface area contributed by atoms with Crippen LogP contribution in [0.15, 0.2) is 54.1 Å². The summed E-state index contributed by atoms with van der Waals surface area (Å²) in [4.78, 5) is 27.5. The van der Waals surface area contributed by atoms with Crippen molar-refractivity contribution in [3.05, 3.63) is 71.0 Å². The molecule has 0 saturated carbocycles. The second-order valence-corrected chi connectivity index (χ2v) is 8.01. The number of amides is 1. The molecule has 2 aliphatic heterocycles. The largest absolute Gasteiger partial charge is 0.507 e. The van der Waals surface area contributed by atoms with Crippen LogP contribution in [0.1, 0.15) is 43.4 Å². The highest BCUT2D eigenvalue weighted by atomic mass is 19.1. The Hall–Kier alpha value is -3.19. The molecule has 2 aromatic carbocycles. The van der Waals surface area contributed by atoms with Gasteiger partial charge in [0.05, 0.1) is 24.3 Å². The highest BCUT2D eigenvalue weighted by molar-refractivity contribution is 6.46. The minimum atomic E-state index is -0.774. The summed E-state index contributed by atoms with van der Waals surface area (Å²) in [5.74, 6) is -1.54. The molecule has 2 atom stereocenters. The molecule has 7 heteroatoms. The van der Waals surface area contributed by atoms with Gasteiger partial charge < -0.3 is 19.5 Å². The molecule has 2 unspecified atom stereocenters. The third-order valence-electron chi connectivity index (χ3n) is 5.75. The number of ketones is 1. The summed E-state index contributed by atoms with van der Waals surface area (Å²) in [5, 5.41) is 11.0. The molecule has 2 saturated heterocycles. The van der Waals surface area contributed by atoms with E-state index in [9.17, 15) is 19.1 Å². The van der Waals surface area contributed by atoms with E-state index >= 15 is 0 Å². The van der Waals surface area contributed by atoms with Crippen molar-refractivity contribution in [3.8, 4) is 5.75 Å². The van der Waals surface area contributed by atoms with Crippen molar-refractivity contribution in [1.82, 2.24) is 4.90 Å². The SMILES string of the molecule is CCCOc1ccc(C2/C(=C(/O)c3ccc(F)cc3)C(=O)C(=O)N2CC2CCCO2)cc1. The Bertz CT molecular complexity index is 1010. The van der Waals surface area contributed by atoms with Crippen LogP contribution in [0.4, 0.5) is 4.39 Å². The molecule has 0 aromatic heterocycles. The van der Waals surface area contributed by atoms with Gasteiger partial charge in [-0.05, 0) is 61.2 Å². The zero-order chi connectivity index (χ0) is 22.7. The lowest BCUT2D eigenvalue weighted by molar-refractivity contribution is -0.140. The summed E-state index contributed by atoms with van der Waals surface area (Å²) in [6.45, 7) is 3.48. The van der Waals surface area contributed by atoms with Gasteiger partial charge in [-0.25, -0.2) is 4.39 Å². The average molecular weight is 439 g/mol. The van der Waals surface area contributed by atoms with Crippen molar-refractivity contribution in [2.75, 3.05) is 19.8 Å². The number of aliphatic hydroxyl groups is 1. The number of benzene rings is 2. The molecule has 0 spiro atoms. The van der Waals surface area contributed by atoms with Crippen LogP contribution in [0.5, 0.6) is 5.75 Å². The maximum atomic E-state index is 13.4. The number of ether oxygens (including phenoxy) is 2. The molecule has 0 bridgehead atoms. The maximum absolute atomic E-state index is 13.4. The molecule has 6 nitrogen and oxygen atoms in total.